The molecule has 0 aliphatic rings. The SMILES string of the molecule is CN=C(NCC(=O)NCc1ccc(OC)cc1)NCC(C)(C)c1cccc(F)c1.I. The van der Waals surface area contributed by atoms with Crippen LogP contribution in [0.5, 0.6) is 5.75 Å². The third-order valence-corrected chi connectivity index (χ3v) is 4.59. The number of aliphatic imine (C=N–C) groups is 1. The summed E-state index contributed by atoms with van der Waals surface area (Å²) < 4.78 is 18.6. The minimum Gasteiger partial charge on any atom is -0.497 e. The van der Waals surface area contributed by atoms with Crippen LogP contribution in [0.3, 0.4) is 0 Å². The molecule has 0 heterocycles. The number of carbonyl (C=O) groups is 1. The molecule has 3 N–H and O–H groups in total. The average molecular weight is 528 g/mol. The number of halogens is 2. The van der Waals surface area contributed by atoms with Crippen molar-refractivity contribution < 1.29 is 13.9 Å². The number of nitrogens with one attached hydrogen (secondary N) is 3. The van der Waals surface area contributed by atoms with Crippen LogP contribution in [0, 0.1) is 5.82 Å². The lowest BCUT2D eigenvalue weighted by molar-refractivity contribution is -0.120. The summed E-state index contributed by atoms with van der Waals surface area (Å²) in [7, 11) is 3.25. The van der Waals surface area contributed by atoms with Crippen LogP contribution in [0.2, 0.25) is 0 Å². The predicted octanol–water partition coefficient (Wildman–Crippen LogP) is 3.21. The van der Waals surface area contributed by atoms with Crippen LogP contribution in [-0.4, -0.2) is 39.1 Å². The van der Waals surface area contributed by atoms with Crippen molar-refractivity contribution in [1.82, 2.24) is 16.0 Å². The van der Waals surface area contributed by atoms with E-state index in [1.54, 1.807) is 20.2 Å². The zero-order valence-electron chi connectivity index (χ0n) is 17.8. The number of amides is 1. The van der Waals surface area contributed by atoms with Crippen molar-refractivity contribution in [3.63, 3.8) is 0 Å². The molecule has 0 aliphatic carbocycles. The lowest BCUT2D eigenvalue weighted by Crippen LogP contribution is -2.46. The maximum absolute atomic E-state index is 13.5. The van der Waals surface area contributed by atoms with Crippen LogP contribution in [0.25, 0.3) is 0 Å². The lowest BCUT2D eigenvalue weighted by atomic mass is 9.84. The van der Waals surface area contributed by atoms with Crippen LogP contribution in [0.4, 0.5) is 4.39 Å². The molecule has 6 nitrogen and oxygen atoms in total. The summed E-state index contributed by atoms with van der Waals surface area (Å²) in [5.41, 5.74) is 1.56. The highest BCUT2D eigenvalue weighted by Gasteiger charge is 2.21. The number of guanidine groups is 1. The standard InChI is InChI=1S/C22H29FN4O2.HI/c1-22(2,17-6-5-7-18(23)12-17)15-27-21(24-3)26-14-20(28)25-13-16-8-10-19(29-4)11-9-16;/h5-12H,13-15H2,1-4H3,(H,25,28)(H2,24,26,27);1H. The molecule has 2 aromatic carbocycles. The molecular weight excluding hydrogens is 498 g/mol. The molecule has 0 radical (unpaired) electrons. The lowest BCUT2D eigenvalue weighted by Gasteiger charge is -2.26. The minimum atomic E-state index is -0.309. The van der Waals surface area contributed by atoms with E-state index >= 15 is 0 Å². The fraction of sp³-hybridized carbons (Fsp3) is 0.364. The third kappa shape index (κ3) is 8.17. The molecule has 2 rings (SSSR count). The molecule has 30 heavy (non-hydrogen) atoms. The van der Waals surface area contributed by atoms with Crippen LogP contribution in [0.1, 0.15) is 25.0 Å². The van der Waals surface area contributed by atoms with Crippen molar-refractivity contribution in [3.8, 4) is 5.75 Å². The van der Waals surface area contributed by atoms with Crippen LogP contribution in [-0.2, 0) is 16.8 Å². The molecule has 2 aromatic rings. The van der Waals surface area contributed by atoms with Gasteiger partial charge in [-0.3, -0.25) is 9.79 Å². The van der Waals surface area contributed by atoms with Gasteiger partial charge in [0.2, 0.25) is 5.91 Å². The van der Waals surface area contributed by atoms with Crippen molar-refractivity contribution in [2.45, 2.75) is 25.8 Å². The molecule has 0 saturated heterocycles. The van der Waals surface area contributed by atoms with Crippen molar-refractivity contribution in [2.24, 2.45) is 4.99 Å². The van der Waals surface area contributed by atoms with Crippen LogP contribution >= 0.6 is 24.0 Å². The van der Waals surface area contributed by atoms with Gasteiger partial charge in [0, 0.05) is 25.6 Å². The molecule has 0 spiro atoms. The molecule has 0 aliphatic heterocycles. The first kappa shape index (κ1) is 25.7. The third-order valence-electron chi connectivity index (χ3n) is 4.59. The monoisotopic (exact) mass is 528 g/mol. The van der Waals surface area contributed by atoms with E-state index in [4.69, 9.17) is 4.74 Å². The smallest absolute Gasteiger partial charge is 0.239 e. The zero-order valence-corrected chi connectivity index (χ0v) is 20.1. The molecule has 1 amide bonds. The van der Waals surface area contributed by atoms with Crippen molar-refractivity contribution in [3.05, 3.63) is 65.5 Å². The maximum atomic E-state index is 13.5. The number of hydrogen-bond donors (Lipinski definition) is 3. The number of benzene rings is 2. The maximum Gasteiger partial charge on any atom is 0.239 e. The number of carbonyl (C=O) groups excluding carboxylic acids is 1. The molecule has 0 aromatic heterocycles. The quantitative estimate of drug-likeness (QED) is 0.280. The molecule has 0 bridgehead atoms. The van der Waals surface area contributed by atoms with E-state index in [9.17, 15) is 9.18 Å². The molecule has 8 heteroatoms. The normalized spacial score (nSPS) is 11.3. The van der Waals surface area contributed by atoms with E-state index < -0.39 is 0 Å². The zero-order chi connectivity index (χ0) is 21.3. The Bertz CT molecular complexity index is 841. The number of methoxy groups -OCH3 is 1. The Hall–Kier alpha value is -2.36. The Morgan fingerprint density at radius 1 is 1.10 bits per heavy atom. The summed E-state index contributed by atoms with van der Waals surface area (Å²) in [6, 6.07) is 14.1. The highest BCUT2D eigenvalue weighted by molar-refractivity contribution is 14.0. The second-order valence-electron chi connectivity index (χ2n) is 7.30. The molecule has 0 saturated carbocycles. The summed E-state index contributed by atoms with van der Waals surface area (Å²) in [5, 5.41) is 9.04. The Balaban J connectivity index is 0.00000450. The van der Waals surface area contributed by atoms with E-state index in [0.717, 1.165) is 16.9 Å². The van der Waals surface area contributed by atoms with E-state index in [0.29, 0.717) is 19.0 Å². The van der Waals surface area contributed by atoms with Gasteiger partial charge in [0.1, 0.15) is 11.6 Å². The molecule has 0 atom stereocenters. The van der Waals surface area contributed by atoms with Gasteiger partial charge in [0.15, 0.2) is 5.96 Å². The Morgan fingerprint density at radius 3 is 2.40 bits per heavy atom. The first-order valence-electron chi connectivity index (χ1n) is 9.44. The second kappa shape index (κ2) is 12.4. The first-order valence-corrected chi connectivity index (χ1v) is 9.44. The van der Waals surface area contributed by atoms with Crippen molar-refractivity contribution in [2.75, 3.05) is 27.2 Å². The predicted molar refractivity (Wildman–Crippen MR) is 129 cm³/mol. The van der Waals surface area contributed by atoms with Crippen LogP contribution in [0.15, 0.2) is 53.5 Å². The molecule has 0 fully saturated rings. The number of hydrogen-bond acceptors (Lipinski definition) is 3. The van der Waals surface area contributed by atoms with Gasteiger partial charge >= 0.3 is 0 Å². The topological polar surface area (TPSA) is 74.8 Å². The largest absolute Gasteiger partial charge is 0.497 e. The summed E-state index contributed by atoms with van der Waals surface area (Å²) in [6.45, 7) is 5.09. The van der Waals surface area contributed by atoms with E-state index in [1.165, 1.54) is 12.1 Å². The van der Waals surface area contributed by atoms with Crippen molar-refractivity contribution >= 4 is 35.8 Å². The Kier molecular flexibility index (Phi) is 10.6. The molecule has 164 valence electrons. The van der Waals surface area contributed by atoms with E-state index in [1.807, 2.05) is 44.2 Å². The van der Waals surface area contributed by atoms with Gasteiger partial charge in [0.25, 0.3) is 0 Å². The highest BCUT2D eigenvalue weighted by Crippen LogP contribution is 2.22. The average Bonchev–Trinajstić information content (AvgIpc) is 2.72. The van der Waals surface area contributed by atoms with E-state index in [-0.39, 0.29) is 47.7 Å². The van der Waals surface area contributed by atoms with Crippen LogP contribution < -0.4 is 20.7 Å². The summed E-state index contributed by atoms with van der Waals surface area (Å²) >= 11 is 0. The summed E-state index contributed by atoms with van der Waals surface area (Å²) in [4.78, 5) is 16.2. The Labute approximate surface area is 194 Å². The minimum absolute atomic E-state index is 0. The fourth-order valence-corrected chi connectivity index (χ4v) is 2.71. The van der Waals surface area contributed by atoms with Gasteiger partial charge in [-0.15, -0.1) is 24.0 Å². The van der Waals surface area contributed by atoms with Gasteiger partial charge in [0.05, 0.1) is 13.7 Å². The highest BCUT2D eigenvalue weighted by atomic mass is 127. The Morgan fingerprint density at radius 2 is 1.80 bits per heavy atom. The number of nitrogens with zero attached hydrogens (tertiary/aromatic N) is 1. The summed E-state index contributed by atoms with van der Waals surface area (Å²) in [5.74, 6) is 0.881. The number of ether oxygens (including phenoxy) is 1. The molecular formula is C22H30FIN4O2. The fourth-order valence-electron chi connectivity index (χ4n) is 2.71. The second-order valence-corrected chi connectivity index (χ2v) is 7.30. The summed E-state index contributed by atoms with van der Waals surface area (Å²) in [6.07, 6.45) is 0. The first-order chi connectivity index (χ1) is 13.8. The van der Waals surface area contributed by atoms with E-state index in [2.05, 4.69) is 20.9 Å². The van der Waals surface area contributed by atoms with Gasteiger partial charge in [-0.05, 0) is 35.4 Å². The molecule has 0 unspecified atom stereocenters. The van der Waals surface area contributed by atoms with Gasteiger partial charge in [-0.2, -0.15) is 0 Å². The van der Waals surface area contributed by atoms with Gasteiger partial charge in [-0.1, -0.05) is 38.1 Å². The number of rotatable bonds is 8. The van der Waals surface area contributed by atoms with Crippen molar-refractivity contribution in [1.29, 1.82) is 0 Å². The van der Waals surface area contributed by atoms with Gasteiger partial charge < -0.3 is 20.7 Å². The van der Waals surface area contributed by atoms with Gasteiger partial charge in [-0.25, -0.2) is 4.39 Å².